The third-order valence-corrected chi connectivity index (χ3v) is 10.7. The number of amides is 2. The highest BCUT2D eigenvalue weighted by atomic mass is 79.9. The minimum absolute atomic E-state index is 0. The summed E-state index contributed by atoms with van der Waals surface area (Å²) in [7, 11) is 0. The summed E-state index contributed by atoms with van der Waals surface area (Å²) >= 11 is 10.2. The summed E-state index contributed by atoms with van der Waals surface area (Å²) in [6.07, 6.45) is 14.7. The Kier molecular flexibility index (Phi) is 15.9. The predicted molar refractivity (Wildman–Crippen MR) is 203 cm³/mol. The fourth-order valence-electron chi connectivity index (χ4n) is 6.39. The van der Waals surface area contributed by atoms with E-state index in [0.717, 1.165) is 121 Å². The van der Waals surface area contributed by atoms with Crippen LogP contribution in [-0.4, -0.2) is 39.5 Å². The molecule has 46 heavy (non-hydrogen) atoms. The monoisotopic (exact) mass is 840 g/mol. The minimum atomic E-state index is -0.418. The van der Waals surface area contributed by atoms with Crippen LogP contribution in [0.4, 0.5) is 0 Å². The summed E-state index contributed by atoms with van der Waals surface area (Å²) in [6.45, 7) is 4.99. The molecule has 2 aliphatic carbocycles. The molecule has 6 nitrogen and oxygen atoms in total. The summed E-state index contributed by atoms with van der Waals surface area (Å²) in [6, 6.07) is 16.5. The van der Waals surface area contributed by atoms with Gasteiger partial charge in [0.05, 0.1) is 6.54 Å². The van der Waals surface area contributed by atoms with Gasteiger partial charge < -0.3 is 5.32 Å². The molecule has 2 amide bonds. The number of amidine groups is 2. The second kappa shape index (κ2) is 18.8. The maximum Gasteiger partial charge on any atom is 0.256 e. The first kappa shape index (κ1) is 38.9. The lowest BCUT2D eigenvalue weighted by Crippen LogP contribution is -2.40. The first-order valence-electron chi connectivity index (χ1n) is 16.6. The lowest BCUT2D eigenvalue weighted by atomic mass is 9.98. The highest BCUT2D eigenvalue weighted by molar-refractivity contribution is 9.10. The van der Waals surface area contributed by atoms with Gasteiger partial charge in [-0.15, -0.1) is 12.4 Å². The second-order valence-electron chi connectivity index (χ2n) is 12.5. The van der Waals surface area contributed by atoms with E-state index in [1.54, 1.807) is 0 Å². The SMILES string of the molecule is BrCc1ccc(Br)cc1.CCCCC1=NC2(CCCC2)C(=O)N1.CCCCC1=NC2(CCCC2)C(=O)N1Cc1ccc(Br)cc1.Cl. The van der Waals surface area contributed by atoms with E-state index in [1.807, 2.05) is 29.2 Å². The molecule has 0 saturated heterocycles. The second-order valence-corrected chi connectivity index (χ2v) is 14.9. The van der Waals surface area contributed by atoms with Crippen LogP contribution in [0.2, 0.25) is 0 Å². The Morgan fingerprint density at radius 3 is 1.76 bits per heavy atom. The minimum Gasteiger partial charge on any atom is -0.312 e. The highest BCUT2D eigenvalue weighted by Crippen LogP contribution is 2.40. The Balaban J connectivity index is 0.000000205. The standard InChI is InChI=1S/C18H23BrN2O.C11H18N2O.C7H6Br2.ClH/c1-2-3-6-16-20-18(11-4-5-12-18)17(22)21(16)13-14-7-9-15(19)10-8-14;1-2-3-6-9-12-10(14)11(13-9)7-4-5-8-11;8-5-6-1-3-7(9)4-2-6;/h7-10H,2-6,11-13H2,1H3;2-8H2,1H3,(H,12,13,14);1-4H,5H2;1H. The van der Waals surface area contributed by atoms with Crippen molar-refractivity contribution >= 4 is 83.7 Å². The number of aliphatic imine (C=N–C) groups is 2. The van der Waals surface area contributed by atoms with E-state index in [9.17, 15) is 9.59 Å². The fraction of sp³-hybridized carbons (Fsp3) is 0.556. The molecule has 0 bridgehead atoms. The predicted octanol–water partition coefficient (Wildman–Crippen LogP) is 10.5. The van der Waals surface area contributed by atoms with Crippen LogP contribution in [0, 0.1) is 0 Å². The molecule has 0 radical (unpaired) electrons. The normalized spacial score (nSPS) is 18.8. The topological polar surface area (TPSA) is 74.1 Å². The van der Waals surface area contributed by atoms with Gasteiger partial charge in [-0.25, -0.2) is 0 Å². The van der Waals surface area contributed by atoms with E-state index in [2.05, 4.69) is 96.2 Å². The molecule has 2 saturated carbocycles. The Labute approximate surface area is 306 Å². The number of alkyl halides is 1. The molecule has 2 aromatic rings. The maximum absolute atomic E-state index is 13.0. The van der Waals surface area contributed by atoms with Crippen LogP contribution < -0.4 is 5.32 Å². The van der Waals surface area contributed by atoms with E-state index < -0.39 is 5.54 Å². The molecule has 0 aromatic heterocycles. The third kappa shape index (κ3) is 10.2. The van der Waals surface area contributed by atoms with Crippen molar-refractivity contribution < 1.29 is 9.59 Å². The summed E-state index contributed by atoms with van der Waals surface area (Å²) in [5.74, 6) is 2.33. The zero-order valence-corrected chi connectivity index (χ0v) is 32.7. The van der Waals surface area contributed by atoms with E-state index in [4.69, 9.17) is 4.99 Å². The number of hydrogen-bond acceptors (Lipinski definition) is 4. The molecule has 0 unspecified atom stereocenters. The van der Waals surface area contributed by atoms with Gasteiger partial charge in [-0.3, -0.25) is 24.5 Å². The molecule has 2 aliphatic heterocycles. The number of hydrogen-bond donors (Lipinski definition) is 1. The first-order valence-corrected chi connectivity index (χ1v) is 19.3. The number of carbonyl (C=O) groups excluding carboxylic acids is 2. The van der Waals surface area contributed by atoms with Crippen LogP contribution in [0.5, 0.6) is 0 Å². The molecule has 6 rings (SSSR count). The molecule has 2 aromatic carbocycles. The van der Waals surface area contributed by atoms with Crippen LogP contribution in [0.1, 0.15) is 115 Å². The van der Waals surface area contributed by atoms with Crippen molar-refractivity contribution in [2.24, 2.45) is 9.98 Å². The molecule has 252 valence electrons. The van der Waals surface area contributed by atoms with Crippen LogP contribution in [0.25, 0.3) is 0 Å². The average Bonchev–Trinajstić information content (AvgIpc) is 3.84. The van der Waals surface area contributed by atoms with Crippen molar-refractivity contribution in [3.05, 3.63) is 68.6 Å². The molecule has 2 heterocycles. The van der Waals surface area contributed by atoms with Crippen molar-refractivity contribution in [3.8, 4) is 0 Å². The quantitative estimate of drug-likeness (QED) is 0.255. The Morgan fingerprint density at radius 2 is 1.24 bits per heavy atom. The molecule has 4 aliphatic rings. The number of benzene rings is 2. The summed E-state index contributed by atoms with van der Waals surface area (Å²) in [5.41, 5.74) is 1.70. The van der Waals surface area contributed by atoms with Gasteiger partial charge in [-0.2, -0.15) is 0 Å². The van der Waals surface area contributed by atoms with Crippen LogP contribution in [-0.2, 0) is 21.5 Å². The van der Waals surface area contributed by atoms with Gasteiger partial charge in [0, 0.05) is 27.1 Å². The number of halogens is 4. The number of rotatable bonds is 9. The van der Waals surface area contributed by atoms with E-state index in [-0.39, 0.29) is 29.8 Å². The van der Waals surface area contributed by atoms with E-state index in [1.165, 1.54) is 5.56 Å². The number of unbranched alkanes of at least 4 members (excludes halogenated alkanes) is 2. The van der Waals surface area contributed by atoms with Crippen molar-refractivity contribution in [3.63, 3.8) is 0 Å². The molecule has 2 fully saturated rings. The van der Waals surface area contributed by atoms with Gasteiger partial charge >= 0.3 is 0 Å². The van der Waals surface area contributed by atoms with Crippen molar-refractivity contribution in [2.75, 3.05) is 0 Å². The zero-order valence-electron chi connectivity index (χ0n) is 27.1. The molecule has 0 atom stereocenters. The third-order valence-electron chi connectivity index (χ3n) is 9.03. The van der Waals surface area contributed by atoms with Crippen molar-refractivity contribution in [2.45, 2.75) is 127 Å². The van der Waals surface area contributed by atoms with E-state index in [0.29, 0.717) is 6.54 Å². The molecule has 1 N–H and O–H groups in total. The summed E-state index contributed by atoms with van der Waals surface area (Å²) in [5, 5.41) is 3.86. The lowest BCUT2D eigenvalue weighted by molar-refractivity contribution is -0.131. The smallest absolute Gasteiger partial charge is 0.256 e. The largest absolute Gasteiger partial charge is 0.312 e. The summed E-state index contributed by atoms with van der Waals surface area (Å²) < 4.78 is 2.20. The Bertz CT molecular complexity index is 1340. The van der Waals surface area contributed by atoms with Crippen molar-refractivity contribution in [1.82, 2.24) is 10.2 Å². The van der Waals surface area contributed by atoms with E-state index >= 15 is 0 Å². The number of nitrogens with zero attached hydrogens (tertiary/aromatic N) is 3. The molecular formula is C36H48Br3ClN4O2. The van der Waals surface area contributed by atoms with Crippen LogP contribution in [0.3, 0.4) is 0 Å². The van der Waals surface area contributed by atoms with Gasteiger partial charge in [0.25, 0.3) is 11.8 Å². The van der Waals surface area contributed by atoms with Gasteiger partial charge in [0.1, 0.15) is 22.7 Å². The van der Waals surface area contributed by atoms with Gasteiger partial charge in [0.2, 0.25) is 0 Å². The van der Waals surface area contributed by atoms with Gasteiger partial charge in [0.15, 0.2) is 0 Å². The molecule has 10 heteroatoms. The average molecular weight is 844 g/mol. The van der Waals surface area contributed by atoms with Gasteiger partial charge in [-0.05, 0) is 73.9 Å². The van der Waals surface area contributed by atoms with Gasteiger partial charge in [-0.1, -0.05) is 124 Å². The van der Waals surface area contributed by atoms with Crippen molar-refractivity contribution in [1.29, 1.82) is 0 Å². The number of nitrogens with one attached hydrogen (secondary N) is 1. The molecule has 2 spiro atoms. The Morgan fingerprint density at radius 1 is 0.739 bits per heavy atom. The fourth-order valence-corrected chi connectivity index (χ4v) is 7.29. The Hall–Kier alpha value is -1.55. The van der Waals surface area contributed by atoms with Crippen LogP contribution >= 0.6 is 60.2 Å². The highest BCUT2D eigenvalue weighted by Gasteiger charge is 2.49. The zero-order chi connectivity index (χ0) is 32.3. The molecular weight excluding hydrogens is 796 g/mol. The lowest BCUT2D eigenvalue weighted by Gasteiger charge is -2.22. The first-order chi connectivity index (χ1) is 21.7. The maximum atomic E-state index is 13.0. The number of carbonyl (C=O) groups is 2. The van der Waals surface area contributed by atoms with Crippen LogP contribution in [0.15, 0.2) is 67.5 Å². The summed E-state index contributed by atoms with van der Waals surface area (Å²) in [4.78, 5) is 36.2.